The third-order valence-electron chi connectivity index (χ3n) is 2.55. The van der Waals surface area contributed by atoms with E-state index in [4.69, 9.17) is 0 Å². The van der Waals surface area contributed by atoms with Crippen LogP contribution in [0.5, 0.6) is 0 Å². The number of hydrogen-bond acceptors (Lipinski definition) is 3. The Morgan fingerprint density at radius 2 is 2.07 bits per heavy atom. The first-order chi connectivity index (χ1) is 6.50. The zero-order chi connectivity index (χ0) is 10.7. The van der Waals surface area contributed by atoms with Gasteiger partial charge in [0.25, 0.3) is 0 Å². The van der Waals surface area contributed by atoms with Crippen LogP contribution in [0.1, 0.15) is 31.5 Å². The van der Waals surface area contributed by atoms with E-state index >= 15 is 0 Å². The molecule has 0 aliphatic carbocycles. The van der Waals surface area contributed by atoms with Gasteiger partial charge in [0.1, 0.15) is 0 Å². The molecule has 80 valence electrons. The summed E-state index contributed by atoms with van der Waals surface area (Å²) in [7, 11) is 0. The van der Waals surface area contributed by atoms with Crippen molar-refractivity contribution in [3.8, 4) is 0 Å². The molecule has 0 amide bonds. The van der Waals surface area contributed by atoms with Crippen molar-refractivity contribution in [3.05, 3.63) is 16.1 Å². The molecule has 1 aromatic rings. The van der Waals surface area contributed by atoms with E-state index in [2.05, 4.69) is 24.2 Å². The van der Waals surface area contributed by atoms with E-state index in [0.29, 0.717) is 11.8 Å². The van der Waals surface area contributed by atoms with Crippen molar-refractivity contribution in [2.45, 2.75) is 40.2 Å². The van der Waals surface area contributed by atoms with Crippen LogP contribution in [0.4, 0.5) is 0 Å². The van der Waals surface area contributed by atoms with Crippen molar-refractivity contribution < 1.29 is 5.11 Å². The minimum Gasteiger partial charge on any atom is -0.393 e. The summed E-state index contributed by atoms with van der Waals surface area (Å²) in [6.45, 7) is 8.17. The molecule has 0 aliphatic heterocycles. The molecule has 1 rings (SSSR count). The van der Waals surface area contributed by atoms with Gasteiger partial charge in [0.15, 0.2) is 0 Å². The fourth-order valence-electron chi connectivity index (χ4n) is 1.66. The molecule has 0 saturated carbocycles. The Balaban J connectivity index is 2.64. The van der Waals surface area contributed by atoms with Gasteiger partial charge in [-0.2, -0.15) is 0 Å². The topological polar surface area (TPSA) is 33.1 Å². The lowest BCUT2D eigenvalue weighted by Crippen LogP contribution is -2.24. The van der Waals surface area contributed by atoms with Gasteiger partial charge in [0.2, 0.25) is 0 Å². The lowest BCUT2D eigenvalue weighted by atomic mass is 9.88. The van der Waals surface area contributed by atoms with Crippen molar-refractivity contribution in [3.63, 3.8) is 0 Å². The zero-order valence-corrected chi connectivity index (χ0v) is 10.1. The molecule has 0 bridgehead atoms. The molecular formula is C11H19NOS. The van der Waals surface area contributed by atoms with Crippen LogP contribution in [-0.2, 0) is 6.42 Å². The largest absolute Gasteiger partial charge is 0.393 e. The summed E-state index contributed by atoms with van der Waals surface area (Å²) in [6, 6.07) is 0. The smallest absolute Gasteiger partial charge is 0.0931 e. The molecule has 0 saturated heterocycles. The lowest BCUT2D eigenvalue weighted by molar-refractivity contribution is 0.0976. The molecule has 0 fully saturated rings. The van der Waals surface area contributed by atoms with Gasteiger partial charge in [0, 0.05) is 17.5 Å². The Morgan fingerprint density at radius 3 is 2.43 bits per heavy atom. The summed E-state index contributed by atoms with van der Waals surface area (Å²) in [5, 5.41) is 12.8. The average molecular weight is 213 g/mol. The minimum absolute atomic E-state index is 0.251. The average Bonchev–Trinajstić information content (AvgIpc) is 2.46. The second-order valence-electron chi connectivity index (χ2n) is 4.24. The number of aryl methyl sites for hydroxylation is 1. The maximum atomic E-state index is 9.63. The van der Waals surface area contributed by atoms with Crippen molar-refractivity contribution in [2.75, 3.05) is 0 Å². The molecule has 2 nitrogen and oxygen atoms in total. The normalized spacial score (nSPS) is 15.9. The van der Waals surface area contributed by atoms with Crippen LogP contribution in [0, 0.1) is 18.8 Å². The third-order valence-corrected chi connectivity index (χ3v) is 3.54. The summed E-state index contributed by atoms with van der Waals surface area (Å²) in [6.07, 6.45) is 0.646. The number of nitrogens with zero attached hydrogens (tertiary/aromatic N) is 1. The molecule has 1 heterocycles. The molecule has 3 heteroatoms. The minimum atomic E-state index is -0.251. The van der Waals surface area contributed by atoms with Crippen LogP contribution in [0.25, 0.3) is 0 Å². The molecule has 1 N–H and O–H groups in total. The highest BCUT2D eigenvalue weighted by atomic mass is 32.1. The van der Waals surface area contributed by atoms with Crippen molar-refractivity contribution in [1.29, 1.82) is 0 Å². The number of aliphatic hydroxyl groups is 1. The second-order valence-corrected chi connectivity index (χ2v) is 5.18. The number of thiazole rings is 1. The third kappa shape index (κ3) is 3.07. The Hall–Kier alpha value is -0.410. The predicted molar refractivity (Wildman–Crippen MR) is 60.6 cm³/mol. The Bertz CT molecular complexity index is 273. The molecular weight excluding hydrogens is 194 g/mol. The Kier molecular flexibility index (Phi) is 4.08. The fourth-order valence-corrected chi connectivity index (χ4v) is 2.51. The number of rotatable bonds is 4. The van der Waals surface area contributed by atoms with Gasteiger partial charge in [-0.05, 0) is 25.7 Å². The highest BCUT2D eigenvalue weighted by Gasteiger charge is 2.20. The van der Waals surface area contributed by atoms with Crippen LogP contribution in [-0.4, -0.2) is 16.2 Å². The van der Waals surface area contributed by atoms with Crippen molar-refractivity contribution >= 4 is 11.3 Å². The number of aliphatic hydroxyl groups excluding tert-OH is 1. The van der Waals surface area contributed by atoms with E-state index in [9.17, 15) is 5.11 Å². The van der Waals surface area contributed by atoms with Crippen molar-refractivity contribution in [1.82, 2.24) is 4.98 Å². The van der Waals surface area contributed by atoms with Crippen LogP contribution in [0.15, 0.2) is 5.38 Å². The lowest BCUT2D eigenvalue weighted by Gasteiger charge is -2.22. The molecule has 0 aromatic carbocycles. The van der Waals surface area contributed by atoms with E-state index in [0.717, 1.165) is 17.1 Å². The monoisotopic (exact) mass is 213 g/mol. The molecule has 0 aliphatic rings. The second kappa shape index (κ2) is 4.89. The first kappa shape index (κ1) is 11.7. The molecule has 1 aromatic heterocycles. The summed E-state index contributed by atoms with van der Waals surface area (Å²) in [5.74, 6) is 0.819. The van der Waals surface area contributed by atoms with Crippen LogP contribution >= 0.6 is 11.3 Å². The predicted octanol–water partition coefficient (Wildman–Crippen LogP) is 2.65. The van der Waals surface area contributed by atoms with E-state index in [1.165, 1.54) is 0 Å². The number of aromatic nitrogens is 1. The van der Waals surface area contributed by atoms with Crippen LogP contribution < -0.4 is 0 Å². The standard InChI is InChI=1S/C11H19NOS/c1-7(2)10(9(4)13)5-11-12-8(3)6-14-11/h6-7,9-10,13H,5H2,1-4H3. The highest BCUT2D eigenvalue weighted by Crippen LogP contribution is 2.22. The number of hydrogen-bond donors (Lipinski definition) is 1. The van der Waals surface area contributed by atoms with Gasteiger partial charge in [-0.15, -0.1) is 11.3 Å². The summed E-state index contributed by atoms with van der Waals surface area (Å²) >= 11 is 1.69. The maximum absolute atomic E-state index is 9.63. The highest BCUT2D eigenvalue weighted by molar-refractivity contribution is 7.09. The van der Waals surface area contributed by atoms with Gasteiger partial charge in [-0.3, -0.25) is 0 Å². The van der Waals surface area contributed by atoms with E-state index < -0.39 is 0 Å². The van der Waals surface area contributed by atoms with Gasteiger partial charge in [0.05, 0.1) is 11.1 Å². The fraction of sp³-hybridized carbons (Fsp3) is 0.727. The van der Waals surface area contributed by atoms with E-state index in [1.807, 2.05) is 13.8 Å². The first-order valence-corrected chi connectivity index (χ1v) is 5.97. The molecule has 14 heavy (non-hydrogen) atoms. The first-order valence-electron chi connectivity index (χ1n) is 5.09. The van der Waals surface area contributed by atoms with E-state index in [-0.39, 0.29) is 6.10 Å². The molecule has 2 unspecified atom stereocenters. The molecule has 0 radical (unpaired) electrons. The summed E-state index contributed by atoms with van der Waals surface area (Å²) < 4.78 is 0. The van der Waals surface area contributed by atoms with Gasteiger partial charge < -0.3 is 5.11 Å². The Morgan fingerprint density at radius 1 is 1.43 bits per heavy atom. The zero-order valence-electron chi connectivity index (χ0n) is 9.32. The van der Waals surface area contributed by atoms with Gasteiger partial charge in [-0.25, -0.2) is 4.98 Å². The summed E-state index contributed by atoms with van der Waals surface area (Å²) in [4.78, 5) is 4.42. The van der Waals surface area contributed by atoms with Crippen LogP contribution in [0.3, 0.4) is 0 Å². The Labute approximate surface area is 90.0 Å². The SMILES string of the molecule is Cc1csc(CC(C(C)C)C(C)O)n1. The van der Waals surface area contributed by atoms with E-state index in [1.54, 1.807) is 11.3 Å². The van der Waals surface area contributed by atoms with Crippen LogP contribution in [0.2, 0.25) is 0 Å². The quantitative estimate of drug-likeness (QED) is 0.834. The maximum Gasteiger partial charge on any atom is 0.0931 e. The van der Waals surface area contributed by atoms with Crippen molar-refractivity contribution in [2.24, 2.45) is 11.8 Å². The van der Waals surface area contributed by atoms with Gasteiger partial charge >= 0.3 is 0 Å². The van der Waals surface area contributed by atoms with Gasteiger partial charge in [-0.1, -0.05) is 13.8 Å². The molecule has 2 atom stereocenters. The molecule has 0 spiro atoms. The summed E-state index contributed by atoms with van der Waals surface area (Å²) in [5.41, 5.74) is 1.08.